The highest BCUT2D eigenvalue weighted by atomic mass is 32.2. The molecule has 8 heteroatoms. The smallest absolute Gasteiger partial charge is 0.240 e. The van der Waals surface area contributed by atoms with E-state index in [0.29, 0.717) is 36.4 Å². The molecule has 2 aromatic carbocycles. The topological polar surface area (TPSA) is 88.3 Å². The Morgan fingerprint density at radius 1 is 0.966 bits per heavy atom. The van der Waals surface area contributed by atoms with E-state index in [1.807, 2.05) is 24.3 Å². The molecule has 1 saturated heterocycles. The molecule has 0 aliphatic carbocycles. The third kappa shape index (κ3) is 3.34. The van der Waals surface area contributed by atoms with Crippen molar-refractivity contribution < 1.29 is 12.8 Å². The molecule has 1 aliphatic rings. The first-order valence-corrected chi connectivity index (χ1v) is 11.0. The van der Waals surface area contributed by atoms with Crippen molar-refractivity contribution in [2.75, 3.05) is 18.0 Å². The number of hydrogen-bond donors (Lipinski definition) is 1. The van der Waals surface area contributed by atoms with Gasteiger partial charge in [-0.3, -0.25) is 0 Å². The molecule has 0 bridgehead atoms. The number of anilines is 1. The normalized spacial score (nSPS) is 15.9. The zero-order valence-electron chi connectivity index (χ0n) is 15.7. The summed E-state index contributed by atoms with van der Waals surface area (Å²) in [5.74, 6) is 0.760. The highest BCUT2D eigenvalue weighted by Gasteiger charge is 2.27. The van der Waals surface area contributed by atoms with Crippen molar-refractivity contribution >= 4 is 37.9 Å². The Morgan fingerprint density at radius 2 is 1.69 bits per heavy atom. The fraction of sp³-hybridized carbons (Fsp3) is 0.238. The molecule has 7 nitrogen and oxygen atoms in total. The van der Waals surface area contributed by atoms with E-state index in [1.54, 1.807) is 36.7 Å². The highest BCUT2D eigenvalue weighted by Crippen LogP contribution is 2.33. The minimum atomic E-state index is -3.51. The van der Waals surface area contributed by atoms with Crippen LogP contribution in [0, 0.1) is 0 Å². The molecule has 0 amide bonds. The lowest BCUT2D eigenvalue weighted by Crippen LogP contribution is -2.44. The zero-order chi connectivity index (χ0) is 19.8. The number of fused-ring (bicyclic) bond motifs is 3. The summed E-state index contributed by atoms with van der Waals surface area (Å²) >= 11 is 0. The maximum atomic E-state index is 12.6. The van der Waals surface area contributed by atoms with Gasteiger partial charge in [-0.1, -0.05) is 30.3 Å². The molecule has 1 N–H and O–H groups in total. The van der Waals surface area contributed by atoms with Crippen molar-refractivity contribution in [2.45, 2.75) is 23.8 Å². The Kier molecular flexibility index (Phi) is 4.44. The predicted molar refractivity (Wildman–Crippen MR) is 111 cm³/mol. The summed E-state index contributed by atoms with van der Waals surface area (Å²) < 4.78 is 34.0. The van der Waals surface area contributed by atoms with Crippen LogP contribution < -0.4 is 9.62 Å². The second kappa shape index (κ2) is 7.13. The predicted octanol–water partition coefficient (Wildman–Crippen LogP) is 3.32. The third-order valence-corrected chi connectivity index (χ3v) is 6.85. The van der Waals surface area contributed by atoms with Gasteiger partial charge in [0.1, 0.15) is 17.4 Å². The molecular formula is C21H20N4O3S. The molecule has 0 radical (unpaired) electrons. The van der Waals surface area contributed by atoms with E-state index >= 15 is 0 Å². The number of furan rings is 1. The Hall–Kier alpha value is -2.97. The van der Waals surface area contributed by atoms with Crippen LogP contribution >= 0.6 is 0 Å². The first-order chi connectivity index (χ1) is 14.1. The zero-order valence-corrected chi connectivity index (χ0v) is 16.5. The fourth-order valence-corrected chi connectivity index (χ4v) is 5.16. The van der Waals surface area contributed by atoms with Crippen molar-refractivity contribution in [1.82, 2.24) is 14.7 Å². The summed E-state index contributed by atoms with van der Waals surface area (Å²) in [4.78, 5) is 11.3. The molecule has 148 valence electrons. The van der Waals surface area contributed by atoms with Crippen LogP contribution in [0.25, 0.3) is 22.1 Å². The molecule has 0 saturated carbocycles. The average molecular weight is 408 g/mol. The minimum absolute atomic E-state index is 0.107. The van der Waals surface area contributed by atoms with Gasteiger partial charge in [0.2, 0.25) is 10.0 Å². The molecule has 0 spiro atoms. The molecule has 0 atom stereocenters. The van der Waals surface area contributed by atoms with Crippen LogP contribution in [-0.4, -0.2) is 37.5 Å². The van der Waals surface area contributed by atoms with Gasteiger partial charge in [0.15, 0.2) is 11.4 Å². The van der Waals surface area contributed by atoms with Crippen LogP contribution in [0.2, 0.25) is 0 Å². The van der Waals surface area contributed by atoms with Crippen LogP contribution in [0.1, 0.15) is 12.8 Å². The summed E-state index contributed by atoms with van der Waals surface area (Å²) in [6.45, 7) is 1.37. The minimum Gasteiger partial charge on any atom is -0.450 e. The molecule has 5 rings (SSSR count). The van der Waals surface area contributed by atoms with Crippen LogP contribution in [0.15, 0.2) is 70.2 Å². The Bertz CT molecular complexity index is 1260. The second-order valence-corrected chi connectivity index (χ2v) is 8.88. The molecule has 2 aromatic heterocycles. The first-order valence-electron chi connectivity index (χ1n) is 9.56. The summed E-state index contributed by atoms with van der Waals surface area (Å²) in [5.41, 5.74) is 2.27. The number of rotatable bonds is 4. The number of nitrogens with zero attached hydrogens (tertiary/aromatic N) is 3. The van der Waals surface area contributed by atoms with Gasteiger partial charge in [0.05, 0.1) is 4.90 Å². The lowest BCUT2D eigenvalue weighted by molar-refractivity contribution is 0.457. The SMILES string of the molecule is O=S(=O)(NC1CCN(c2ncnc3c2oc2ccccc23)CC1)c1ccccc1. The number of aromatic nitrogens is 2. The average Bonchev–Trinajstić information content (AvgIpc) is 3.14. The molecular weight excluding hydrogens is 388 g/mol. The largest absolute Gasteiger partial charge is 0.450 e. The summed E-state index contributed by atoms with van der Waals surface area (Å²) in [6.07, 6.45) is 2.94. The number of benzene rings is 2. The monoisotopic (exact) mass is 408 g/mol. The fourth-order valence-electron chi connectivity index (χ4n) is 3.83. The maximum Gasteiger partial charge on any atom is 0.240 e. The van der Waals surface area contributed by atoms with Crippen molar-refractivity contribution in [3.63, 3.8) is 0 Å². The van der Waals surface area contributed by atoms with E-state index in [2.05, 4.69) is 19.6 Å². The van der Waals surface area contributed by atoms with E-state index in [4.69, 9.17) is 4.42 Å². The van der Waals surface area contributed by atoms with Gasteiger partial charge in [-0.15, -0.1) is 0 Å². The van der Waals surface area contributed by atoms with E-state index in [-0.39, 0.29) is 6.04 Å². The summed E-state index contributed by atoms with van der Waals surface area (Å²) in [5, 5.41) is 0.969. The molecule has 0 unspecified atom stereocenters. The van der Waals surface area contributed by atoms with E-state index in [9.17, 15) is 8.42 Å². The molecule has 29 heavy (non-hydrogen) atoms. The van der Waals surface area contributed by atoms with Crippen molar-refractivity contribution in [2.24, 2.45) is 0 Å². The number of sulfonamides is 1. The Morgan fingerprint density at radius 3 is 2.48 bits per heavy atom. The van der Waals surface area contributed by atoms with Gasteiger partial charge in [-0.25, -0.2) is 23.1 Å². The third-order valence-electron chi connectivity index (χ3n) is 5.31. The van der Waals surface area contributed by atoms with Crippen LogP contribution in [0.5, 0.6) is 0 Å². The highest BCUT2D eigenvalue weighted by molar-refractivity contribution is 7.89. The number of para-hydroxylation sites is 1. The Labute approximate surface area is 168 Å². The van der Waals surface area contributed by atoms with Crippen LogP contribution in [-0.2, 0) is 10.0 Å². The lowest BCUT2D eigenvalue weighted by atomic mass is 10.1. The van der Waals surface area contributed by atoms with Gasteiger partial charge in [-0.05, 0) is 37.1 Å². The lowest BCUT2D eigenvalue weighted by Gasteiger charge is -2.32. The quantitative estimate of drug-likeness (QED) is 0.557. The van der Waals surface area contributed by atoms with Gasteiger partial charge < -0.3 is 9.32 Å². The van der Waals surface area contributed by atoms with Crippen molar-refractivity contribution in [1.29, 1.82) is 0 Å². The first kappa shape index (κ1) is 18.1. The number of hydrogen-bond acceptors (Lipinski definition) is 6. The summed E-state index contributed by atoms with van der Waals surface area (Å²) in [6, 6.07) is 16.2. The summed E-state index contributed by atoms with van der Waals surface area (Å²) in [7, 11) is -3.51. The van der Waals surface area contributed by atoms with Gasteiger partial charge in [-0.2, -0.15) is 0 Å². The van der Waals surface area contributed by atoms with Crippen molar-refractivity contribution in [3.8, 4) is 0 Å². The van der Waals surface area contributed by atoms with Gasteiger partial charge in [0.25, 0.3) is 0 Å². The van der Waals surface area contributed by atoms with E-state index < -0.39 is 10.0 Å². The molecule has 3 heterocycles. The second-order valence-electron chi connectivity index (χ2n) is 7.17. The molecule has 1 aliphatic heterocycles. The van der Waals surface area contributed by atoms with Crippen LogP contribution in [0.3, 0.4) is 0 Å². The van der Waals surface area contributed by atoms with E-state index in [0.717, 1.165) is 22.3 Å². The maximum absolute atomic E-state index is 12.6. The Balaban J connectivity index is 1.35. The van der Waals surface area contributed by atoms with Crippen molar-refractivity contribution in [3.05, 3.63) is 60.9 Å². The van der Waals surface area contributed by atoms with Gasteiger partial charge >= 0.3 is 0 Å². The van der Waals surface area contributed by atoms with Gasteiger partial charge in [0, 0.05) is 24.5 Å². The van der Waals surface area contributed by atoms with Crippen LogP contribution in [0.4, 0.5) is 5.82 Å². The number of piperidine rings is 1. The standard InChI is InChI=1S/C21H20N4O3S/c26-29(27,16-6-2-1-3-7-16)24-15-10-12-25(13-11-15)21-20-19(22-14-23-21)17-8-4-5-9-18(17)28-20/h1-9,14-15,24H,10-13H2. The molecule has 4 aromatic rings. The molecule has 1 fully saturated rings. The number of nitrogens with one attached hydrogen (secondary N) is 1. The van der Waals surface area contributed by atoms with E-state index in [1.165, 1.54) is 0 Å².